The molecule has 0 amide bonds. The molecule has 0 aliphatic carbocycles. The maximum Gasteiger partial charge on any atom is 0.342 e. The number of rotatable bonds is 5. The van der Waals surface area contributed by atoms with Crippen molar-refractivity contribution < 1.29 is 29.4 Å². The lowest BCUT2D eigenvalue weighted by atomic mass is 9.99. The van der Waals surface area contributed by atoms with E-state index in [1.54, 1.807) is 13.1 Å². The number of esters is 1. The summed E-state index contributed by atoms with van der Waals surface area (Å²) in [7, 11) is 1.64. The normalized spacial score (nSPS) is 19.1. The van der Waals surface area contributed by atoms with Crippen LogP contribution in [-0.4, -0.2) is 48.8 Å². The van der Waals surface area contributed by atoms with Crippen molar-refractivity contribution in [1.29, 1.82) is 0 Å². The van der Waals surface area contributed by atoms with Crippen LogP contribution in [0.15, 0.2) is 35.5 Å². The number of cyclic esters (lactones) is 1. The molecule has 1 aromatic rings. The first-order chi connectivity index (χ1) is 14.0. The molecule has 0 spiro atoms. The highest BCUT2D eigenvalue weighted by atomic mass is 35.5. The Morgan fingerprint density at radius 3 is 2.72 bits per heavy atom. The molecule has 0 fully saturated rings. The monoisotopic (exact) mass is 424 g/mol. The van der Waals surface area contributed by atoms with Gasteiger partial charge in [-0.25, -0.2) is 10.3 Å². The second-order valence-corrected chi connectivity index (χ2v) is 6.48. The van der Waals surface area contributed by atoms with Gasteiger partial charge < -0.3 is 19.8 Å². The van der Waals surface area contributed by atoms with Crippen LogP contribution in [0, 0.1) is 0 Å². The Morgan fingerprint density at radius 2 is 1.93 bits per heavy atom. The molecule has 1 heterocycles. The predicted octanol–water partition coefficient (Wildman–Crippen LogP) is 3.27. The number of carbonyl (C=O) groups excluding carboxylic acids is 1. The standard InChI is InChI=1S/C20H25ClN2O6/c1-22-28-10-11-29-23-14-8-6-4-2-3-5-7-9-27-20(26)18-15(12-14)19(21)17(25)13-16(18)24/h3,5-6,8,13,22,24-25H,2,4,7,9-12H2,1H3/b5-3+,8-6+,23-14?. The Balaban J connectivity index is 2.38. The van der Waals surface area contributed by atoms with Crippen LogP contribution in [0.3, 0.4) is 0 Å². The SMILES string of the molecule is CNOCCON=C1/C=C/CC/C=C/CCOC(=O)c2c(O)cc(O)c(Cl)c2C1. The highest BCUT2D eigenvalue weighted by Gasteiger charge is 2.24. The van der Waals surface area contributed by atoms with Crippen LogP contribution < -0.4 is 5.48 Å². The molecule has 1 aromatic carbocycles. The van der Waals surface area contributed by atoms with E-state index in [4.69, 9.17) is 26.0 Å². The largest absolute Gasteiger partial charge is 0.507 e. The van der Waals surface area contributed by atoms with E-state index in [9.17, 15) is 15.0 Å². The first-order valence-electron chi connectivity index (χ1n) is 9.24. The quantitative estimate of drug-likeness (QED) is 0.288. The van der Waals surface area contributed by atoms with Crippen LogP contribution in [0.25, 0.3) is 0 Å². The molecule has 9 heteroatoms. The van der Waals surface area contributed by atoms with E-state index in [0.717, 1.165) is 18.9 Å². The molecule has 1 aliphatic rings. The summed E-state index contributed by atoms with van der Waals surface area (Å²) in [5.41, 5.74) is 3.09. The smallest absolute Gasteiger partial charge is 0.342 e. The molecule has 0 bridgehead atoms. The van der Waals surface area contributed by atoms with Gasteiger partial charge in [0.15, 0.2) is 0 Å². The van der Waals surface area contributed by atoms with Crippen molar-refractivity contribution in [2.45, 2.75) is 25.7 Å². The van der Waals surface area contributed by atoms with E-state index >= 15 is 0 Å². The number of nitrogens with one attached hydrogen (secondary N) is 1. The van der Waals surface area contributed by atoms with Gasteiger partial charge in [0, 0.05) is 19.5 Å². The maximum atomic E-state index is 12.5. The van der Waals surface area contributed by atoms with Crippen LogP contribution >= 0.6 is 11.6 Å². The topological polar surface area (TPSA) is 110 Å². The van der Waals surface area contributed by atoms with Crippen LogP contribution in [0.2, 0.25) is 5.02 Å². The van der Waals surface area contributed by atoms with Gasteiger partial charge in [0.25, 0.3) is 0 Å². The molecule has 0 saturated heterocycles. The summed E-state index contributed by atoms with van der Waals surface area (Å²) in [5, 5.41) is 24.3. The van der Waals surface area contributed by atoms with Crippen molar-refractivity contribution >= 4 is 23.3 Å². The number of phenols is 2. The number of allylic oxidation sites excluding steroid dienone is 3. The summed E-state index contributed by atoms with van der Waals surface area (Å²) in [6, 6.07) is 1.02. The summed E-state index contributed by atoms with van der Waals surface area (Å²) in [5.74, 6) is -1.48. The Morgan fingerprint density at radius 1 is 1.17 bits per heavy atom. The zero-order chi connectivity index (χ0) is 21.1. The first kappa shape index (κ1) is 22.7. The average molecular weight is 425 g/mol. The number of nitrogens with zero attached hydrogens (tertiary/aromatic N) is 1. The van der Waals surface area contributed by atoms with Crippen LogP contribution in [-0.2, 0) is 20.8 Å². The van der Waals surface area contributed by atoms with E-state index in [0.29, 0.717) is 12.1 Å². The van der Waals surface area contributed by atoms with E-state index in [1.165, 1.54) is 0 Å². The van der Waals surface area contributed by atoms with Crippen molar-refractivity contribution in [3.05, 3.63) is 46.5 Å². The van der Waals surface area contributed by atoms with Crippen molar-refractivity contribution in [2.24, 2.45) is 5.16 Å². The zero-order valence-electron chi connectivity index (χ0n) is 16.2. The van der Waals surface area contributed by atoms with E-state index in [-0.39, 0.29) is 48.1 Å². The lowest BCUT2D eigenvalue weighted by Crippen LogP contribution is -2.14. The number of carbonyl (C=O) groups is 1. The minimum absolute atomic E-state index is 0.0461. The minimum atomic E-state index is -0.725. The molecule has 0 atom stereocenters. The van der Waals surface area contributed by atoms with Crippen molar-refractivity contribution in [3.63, 3.8) is 0 Å². The number of halogens is 1. The molecule has 2 rings (SSSR count). The molecule has 0 unspecified atom stereocenters. The molecule has 29 heavy (non-hydrogen) atoms. The number of hydrogen-bond donors (Lipinski definition) is 3. The fourth-order valence-electron chi connectivity index (χ4n) is 2.63. The van der Waals surface area contributed by atoms with Gasteiger partial charge in [-0.05, 0) is 30.9 Å². The third-order valence-corrected chi connectivity index (χ3v) is 4.40. The lowest BCUT2D eigenvalue weighted by Gasteiger charge is -2.14. The number of hydroxylamine groups is 1. The number of hydrogen-bond acceptors (Lipinski definition) is 8. The van der Waals surface area contributed by atoms with Gasteiger partial charge in [0.2, 0.25) is 0 Å². The number of fused-ring (bicyclic) bond motifs is 1. The summed E-state index contributed by atoms with van der Waals surface area (Å²) in [6.45, 7) is 0.653. The lowest BCUT2D eigenvalue weighted by molar-refractivity contribution is 0.00713. The van der Waals surface area contributed by atoms with Gasteiger partial charge in [-0.1, -0.05) is 35.0 Å². The molecule has 3 N–H and O–H groups in total. The molecular formula is C20H25ClN2O6. The number of oxime groups is 1. The summed E-state index contributed by atoms with van der Waals surface area (Å²) in [6.07, 6.45) is 9.83. The summed E-state index contributed by atoms with van der Waals surface area (Å²) in [4.78, 5) is 22.8. The molecule has 0 radical (unpaired) electrons. The van der Waals surface area contributed by atoms with Gasteiger partial charge in [-0.2, -0.15) is 0 Å². The Bertz CT molecular complexity index is 792. The molecular weight excluding hydrogens is 400 g/mol. The minimum Gasteiger partial charge on any atom is -0.507 e. The second-order valence-electron chi connectivity index (χ2n) is 6.10. The summed E-state index contributed by atoms with van der Waals surface area (Å²) < 4.78 is 5.25. The third kappa shape index (κ3) is 7.08. The van der Waals surface area contributed by atoms with Crippen LogP contribution in [0.5, 0.6) is 11.5 Å². The number of benzene rings is 1. The van der Waals surface area contributed by atoms with Crippen molar-refractivity contribution in [1.82, 2.24) is 5.48 Å². The zero-order valence-corrected chi connectivity index (χ0v) is 16.9. The maximum absolute atomic E-state index is 12.5. The Kier molecular flexibility index (Phi) is 9.49. The highest BCUT2D eigenvalue weighted by molar-refractivity contribution is 6.33. The van der Waals surface area contributed by atoms with Gasteiger partial charge in [0.1, 0.15) is 30.3 Å². The van der Waals surface area contributed by atoms with E-state index in [2.05, 4.69) is 10.6 Å². The van der Waals surface area contributed by atoms with Crippen molar-refractivity contribution in [2.75, 3.05) is 26.9 Å². The fraction of sp³-hybridized carbons (Fsp3) is 0.400. The van der Waals surface area contributed by atoms with Gasteiger partial charge in [-0.3, -0.25) is 4.84 Å². The van der Waals surface area contributed by atoms with Gasteiger partial charge >= 0.3 is 5.97 Å². The molecule has 158 valence electrons. The predicted molar refractivity (Wildman–Crippen MR) is 109 cm³/mol. The van der Waals surface area contributed by atoms with Gasteiger partial charge in [0.05, 0.1) is 17.3 Å². The molecule has 1 aliphatic heterocycles. The number of aromatic hydroxyl groups is 2. The van der Waals surface area contributed by atoms with Gasteiger partial charge in [-0.15, -0.1) is 0 Å². The molecule has 0 aromatic heterocycles. The van der Waals surface area contributed by atoms with Crippen LogP contribution in [0.4, 0.5) is 0 Å². The fourth-order valence-corrected chi connectivity index (χ4v) is 2.85. The Hall–Kier alpha value is -2.55. The number of ether oxygens (including phenoxy) is 1. The average Bonchev–Trinajstić information content (AvgIpc) is 2.69. The molecule has 8 nitrogen and oxygen atoms in total. The summed E-state index contributed by atoms with van der Waals surface area (Å²) >= 11 is 6.24. The van der Waals surface area contributed by atoms with Crippen LogP contribution in [0.1, 0.15) is 35.2 Å². The third-order valence-electron chi connectivity index (χ3n) is 3.98. The molecule has 0 saturated carbocycles. The van der Waals surface area contributed by atoms with E-state index in [1.807, 2.05) is 18.2 Å². The van der Waals surface area contributed by atoms with Crippen molar-refractivity contribution in [3.8, 4) is 11.5 Å². The first-order valence-corrected chi connectivity index (χ1v) is 9.61. The Labute approximate surface area is 174 Å². The van der Waals surface area contributed by atoms with E-state index < -0.39 is 11.7 Å². The highest BCUT2D eigenvalue weighted by Crippen LogP contribution is 2.37. The number of phenolic OH excluding ortho intramolecular Hbond substituents is 2. The second kappa shape index (κ2) is 12.1.